The molecule has 0 saturated carbocycles. The Balaban J connectivity index is 0.00000392. The minimum Gasteiger partial charge on any atom is -0.337 e. The maximum Gasteiger partial charge on any atom is 0.254 e. The zero-order valence-electron chi connectivity index (χ0n) is 18.3. The zero-order chi connectivity index (χ0) is 20.2. The second kappa shape index (κ2) is 10.0. The summed E-state index contributed by atoms with van der Waals surface area (Å²) in [5.41, 5.74) is 3.17. The molecule has 2 rings (SSSR count). The van der Waals surface area contributed by atoms with Crippen molar-refractivity contribution in [2.45, 2.75) is 64.6 Å². The Bertz CT molecular complexity index is 748. The summed E-state index contributed by atoms with van der Waals surface area (Å²) in [6.45, 7) is 14.6. The monoisotopic (exact) mass is 463 g/mol. The van der Waals surface area contributed by atoms with Gasteiger partial charge >= 0.3 is 0 Å². The van der Waals surface area contributed by atoms with Crippen LogP contribution in [-0.4, -0.2) is 28.2 Å². The van der Waals surface area contributed by atoms with Crippen LogP contribution in [0, 0.1) is 0 Å². The van der Waals surface area contributed by atoms with Gasteiger partial charge in [-0.25, -0.2) is 0 Å². The highest BCUT2D eigenvalue weighted by atomic mass is 79.9. The van der Waals surface area contributed by atoms with Crippen LogP contribution in [0.2, 0.25) is 0 Å². The van der Waals surface area contributed by atoms with Crippen molar-refractivity contribution in [2.24, 2.45) is 0 Å². The molecule has 0 spiro atoms. The molecule has 0 radical (unpaired) electrons. The summed E-state index contributed by atoms with van der Waals surface area (Å²) in [5.74, 6) is 0.104. The highest BCUT2D eigenvalue weighted by Gasteiger charge is 2.35. The third kappa shape index (κ3) is 6.71. The van der Waals surface area contributed by atoms with E-state index in [0.29, 0.717) is 6.54 Å². The first kappa shape index (κ1) is 24.9. The molecule has 0 unspecified atom stereocenters. The van der Waals surface area contributed by atoms with Crippen molar-refractivity contribution in [1.29, 1.82) is 0 Å². The first-order chi connectivity index (χ1) is 12.5. The summed E-state index contributed by atoms with van der Waals surface area (Å²) < 4.78 is 0. The Morgan fingerprint density at radius 1 is 0.857 bits per heavy atom. The van der Waals surface area contributed by atoms with Crippen molar-refractivity contribution in [3.05, 3.63) is 71.3 Å². The maximum atomic E-state index is 13.2. The molecule has 0 aliphatic carbocycles. The normalized spacial score (nSPS) is 11.9. The van der Waals surface area contributed by atoms with Gasteiger partial charge in [-0.05, 0) is 33.7 Å². The Morgan fingerprint density at radius 3 is 1.89 bits per heavy atom. The highest BCUT2D eigenvalue weighted by Crippen LogP contribution is 2.61. The summed E-state index contributed by atoms with van der Waals surface area (Å²) in [7, 11) is 1.59. The van der Waals surface area contributed by atoms with Gasteiger partial charge in [-0.2, -0.15) is 0 Å². The Morgan fingerprint density at radius 2 is 1.36 bits per heavy atom. The summed E-state index contributed by atoms with van der Waals surface area (Å²) in [6, 6.07) is 18.3. The lowest BCUT2D eigenvalue weighted by Gasteiger charge is -2.42. The minimum absolute atomic E-state index is 0. The lowest BCUT2D eigenvalue weighted by atomic mass is 10.1. The van der Waals surface area contributed by atoms with Gasteiger partial charge < -0.3 is 4.90 Å². The lowest BCUT2D eigenvalue weighted by molar-refractivity contribution is 0.0784. The largest absolute Gasteiger partial charge is 0.337 e. The number of carbonyl (C=O) groups is 1. The molecule has 0 atom stereocenters. The van der Waals surface area contributed by atoms with E-state index in [-0.39, 0.29) is 41.1 Å². The van der Waals surface area contributed by atoms with E-state index >= 15 is 0 Å². The number of nitrogens with zero attached hydrogens (tertiary/aromatic N) is 1. The van der Waals surface area contributed by atoms with E-state index in [2.05, 4.69) is 65.8 Å². The highest BCUT2D eigenvalue weighted by molar-refractivity contribution is 8.93. The summed E-state index contributed by atoms with van der Waals surface area (Å²) in [6.07, 6.45) is 0.976. The van der Waals surface area contributed by atoms with Gasteiger partial charge in [0.2, 0.25) is 0 Å². The predicted molar refractivity (Wildman–Crippen MR) is 129 cm³/mol. The zero-order valence-corrected chi connectivity index (χ0v) is 20.9. The molecule has 2 nitrogen and oxygen atoms in total. The summed E-state index contributed by atoms with van der Waals surface area (Å²) in [5, 5.41) is 0.472. The van der Waals surface area contributed by atoms with Crippen LogP contribution < -0.4 is 0 Å². The molecule has 154 valence electrons. The van der Waals surface area contributed by atoms with Crippen LogP contribution in [0.5, 0.6) is 0 Å². The van der Waals surface area contributed by atoms with Crippen LogP contribution in [0.25, 0.3) is 0 Å². The SMILES string of the molecule is Br.CN(Cc1ccccc1)C(=O)c1ccccc1CP(C(C)(C)C)C(C)(C)C. The third-order valence-corrected chi connectivity index (χ3v) is 8.70. The molecule has 2 aromatic rings. The van der Waals surface area contributed by atoms with Crippen molar-refractivity contribution in [2.75, 3.05) is 7.05 Å². The smallest absolute Gasteiger partial charge is 0.254 e. The van der Waals surface area contributed by atoms with E-state index in [1.54, 1.807) is 0 Å². The molecule has 0 bridgehead atoms. The summed E-state index contributed by atoms with van der Waals surface area (Å²) in [4.78, 5) is 15.0. The Labute approximate surface area is 183 Å². The molecular weight excluding hydrogens is 429 g/mol. The molecule has 0 aliphatic heterocycles. The molecule has 0 aliphatic rings. The molecular formula is C24H35BrNOP. The number of hydrogen-bond donors (Lipinski definition) is 0. The van der Waals surface area contributed by atoms with Crippen LogP contribution in [0.15, 0.2) is 54.6 Å². The van der Waals surface area contributed by atoms with E-state index in [9.17, 15) is 4.79 Å². The molecule has 0 aromatic heterocycles. The van der Waals surface area contributed by atoms with Crippen LogP contribution in [0.4, 0.5) is 0 Å². The predicted octanol–water partition coefficient (Wildman–Crippen LogP) is 7.12. The average molecular weight is 464 g/mol. The van der Waals surface area contributed by atoms with Crippen molar-refractivity contribution in [3.8, 4) is 0 Å². The molecule has 0 fully saturated rings. The Kier molecular flexibility index (Phi) is 8.91. The number of hydrogen-bond acceptors (Lipinski definition) is 1. The summed E-state index contributed by atoms with van der Waals surface area (Å²) >= 11 is 0. The van der Waals surface area contributed by atoms with Crippen molar-refractivity contribution in [1.82, 2.24) is 4.90 Å². The van der Waals surface area contributed by atoms with Gasteiger partial charge in [-0.3, -0.25) is 4.79 Å². The van der Waals surface area contributed by atoms with Crippen LogP contribution in [0.1, 0.15) is 63.0 Å². The van der Waals surface area contributed by atoms with Gasteiger partial charge in [0.25, 0.3) is 5.91 Å². The standard InChI is InChI=1S/C24H34NOP.BrH/c1-23(2,3)27(24(4,5)6)18-20-15-11-12-16-21(20)22(26)25(7)17-19-13-9-8-10-14-19;/h8-16H,17-18H2,1-7H3;1H. The van der Waals surface area contributed by atoms with Crippen molar-refractivity contribution < 1.29 is 4.79 Å². The van der Waals surface area contributed by atoms with Crippen LogP contribution in [0.3, 0.4) is 0 Å². The molecule has 4 heteroatoms. The second-order valence-corrected chi connectivity index (χ2v) is 13.1. The topological polar surface area (TPSA) is 20.3 Å². The van der Waals surface area contributed by atoms with E-state index in [1.165, 1.54) is 5.56 Å². The third-order valence-electron chi connectivity index (χ3n) is 4.81. The van der Waals surface area contributed by atoms with Crippen molar-refractivity contribution in [3.63, 3.8) is 0 Å². The molecule has 0 saturated heterocycles. The molecule has 28 heavy (non-hydrogen) atoms. The average Bonchev–Trinajstić information content (AvgIpc) is 2.58. The first-order valence-electron chi connectivity index (χ1n) is 9.65. The molecule has 2 aromatic carbocycles. The number of amides is 1. The van der Waals surface area contributed by atoms with Crippen LogP contribution in [-0.2, 0) is 12.7 Å². The molecule has 0 N–H and O–H groups in total. The maximum absolute atomic E-state index is 13.2. The number of rotatable bonds is 5. The number of halogens is 1. The van der Waals surface area contributed by atoms with Gasteiger partial charge in [0, 0.05) is 19.2 Å². The lowest BCUT2D eigenvalue weighted by Crippen LogP contribution is -2.29. The van der Waals surface area contributed by atoms with E-state index in [4.69, 9.17) is 0 Å². The Hall–Kier alpha value is -1.18. The van der Waals surface area contributed by atoms with E-state index in [1.807, 2.05) is 42.3 Å². The quantitative estimate of drug-likeness (QED) is 0.432. The van der Waals surface area contributed by atoms with Crippen LogP contribution >= 0.6 is 24.9 Å². The van der Waals surface area contributed by atoms with Gasteiger partial charge in [-0.1, -0.05) is 98.0 Å². The molecule has 1 amide bonds. The number of carbonyl (C=O) groups excluding carboxylic acids is 1. The number of benzene rings is 2. The molecule has 0 heterocycles. The van der Waals surface area contributed by atoms with Gasteiger partial charge in [-0.15, -0.1) is 17.0 Å². The minimum atomic E-state index is -0.298. The first-order valence-corrected chi connectivity index (χ1v) is 11.2. The van der Waals surface area contributed by atoms with E-state index < -0.39 is 0 Å². The van der Waals surface area contributed by atoms with Gasteiger partial charge in [0.15, 0.2) is 0 Å². The van der Waals surface area contributed by atoms with Gasteiger partial charge in [0.05, 0.1) is 0 Å². The van der Waals surface area contributed by atoms with E-state index in [0.717, 1.165) is 17.3 Å². The fourth-order valence-electron chi connectivity index (χ4n) is 3.65. The fourth-order valence-corrected chi connectivity index (χ4v) is 7.23. The van der Waals surface area contributed by atoms with Gasteiger partial charge in [0.1, 0.15) is 0 Å². The van der Waals surface area contributed by atoms with Crippen molar-refractivity contribution >= 4 is 30.8 Å². The fraction of sp³-hybridized carbons (Fsp3) is 0.458. The second-order valence-electron chi connectivity index (χ2n) is 9.23.